The van der Waals surface area contributed by atoms with Gasteiger partial charge in [-0.25, -0.2) is 13.2 Å². The first kappa shape index (κ1) is 10.4. The fourth-order valence-corrected chi connectivity index (χ4v) is 1.02. The average molecular weight is 217 g/mol. The van der Waals surface area contributed by atoms with Crippen molar-refractivity contribution in [2.75, 3.05) is 0 Å². The van der Waals surface area contributed by atoms with Crippen LogP contribution in [0.3, 0.4) is 0 Å². The molecule has 6 heteroatoms. The topological polar surface area (TPSA) is 47.6 Å². The van der Waals surface area contributed by atoms with E-state index in [4.69, 9.17) is 22.1 Å². The summed E-state index contributed by atoms with van der Waals surface area (Å²) >= 11 is 5.05. The summed E-state index contributed by atoms with van der Waals surface area (Å²) in [6.45, 7) is 0. The Morgan fingerprint density at radius 1 is 0.857 bits per heavy atom. The molecule has 0 radical (unpaired) electrons. The zero-order chi connectivity index (χ0) is 10.9. The molecule has 0 saturated heterocycles. The minimum atomic E-state index is -1.67. The van der Waals surface area contributed by atoms with Crippen LogP contribution in [0, 0.1) is 40.1 Å². The summed E-state index contributed by atoms with van der Waals surface area (Å²) in [5, 5.41) is 15.6. The molecule has 0 saturated carbocycles. The van der Waals surface area contributed by atoms with Crippen LogP contribution >= 0.6 is 11.6 Å². The van der Waals surface area contributed by atoms with Crippen molar-refractivity contribution >= 4 is 11.6 Å². The van der Waals surface area contributed by atoms with E-state index in [-0.39, 0.29) is 0 Å². The van der Waals surface area contributed by atoms with Crippen molar-refractivity contribution in [1.82, 2.24) is 0 Å². The molecule has 0 amide bonds. The van der Waals surface area contributed by atoms with Gasteiger partial charge in [0, 0.05) is 0 Å². The Balaban J connectivity index is 3.79. The second-order valence-electron chi connectivity index (χ2n) is 2.23. The van der Waals surface area contributed by atoms with Crippen LogP contribution in [0.25, 0.3) is 0 Å². The van der Waals surface area contributed by atoms with E-state index in [1.165, 1.54) is 12.1 Å². The van der Waals surface area contributed by atoms with Gasteiger partial charge in [0.1, 0.15) is 28.3 Å². The first-order chi connectivity index (χ1) is 6.54. The fraction of sp³-hybridized carbons (Fsp3) is 0. The maximum Gasteiger partial charge on any atom is 0.181 e. The highest BCUT2D eigenvalue weighted by Gasteiger charge is 2.23. The molecule has 14 heavy (non-hydrogen) atoms. The zero-order valence-electron chi connectivity index (χ0n) is 6.41. The van der Waals surface area contributed by atoms with Gasteiger partial charge in [-0.2, -0.15) is 10.5 Å². The van der Waals surface area contributed by atoms with E-state index in [1.807, 2.05) is 0 Å². The lowest BCUT2D eigenvalue weighted by molar-refractivity contribution is 0.492. The summed E-state index contributed by atoms with van der Waals surface area (Å²) in [7, 11) is 0. The minimum absolute atomic E-state index is 0.892. The van der Waals surface area contributed by atoms with Gasteiger partial charge in [-0.15, -0.1) is 0 Å². The molecule has 0 unspecified atom stereocenters. The van der Waals surface area contributed by atoms with E-state index >= 15 is 0 Å². The number of rotatable bonds is 0. The van der Waals surface area contributed by atoms with Crippen molar-refractivity contribution in [2.45, 2.75) is 0 Å². The lowest BCUT2D eigenvalue weighted by Gasteiger charge is -2.02. The van der Waals surface area contributed by atoms with Gasteiger partial charge in [0.25, 0.3) is 0 Å². The van der Waals surface area contributed by atoms with Gasteiger partial charge in [-0.1, -0.05) is 11.6 Å². The predicted molar refractivity (Wildman–Crippen MR) is 40.8 cm³/mol. The highest BCUT2D eigenvalue weighted by atomic mass is 35.5. The quantitative estimate of drug-likeness (QED) is 0.494. The number of benzene rings is 1. The summed E-state index contributed by atoms with van der Waals surface area (Å²) in [5.74, 6) is -4.71. The van der Waals surface area contributed by atoms with E-state index in [1.54, 1.807) is 0 Å². The SMILES string of the molecule is N#Cc1c(F)c(F)c(Cl)c(F)c1C#N. The molecule has 0 atom stereocenters. The Bertz CT molecular complexity index is 440. The minimum Gasteiger partial charge on any atom is -0.204 e. The molecule has 0 aliphatic heterocycles. The predicted octanol–water partition coefficient (Wildman–Crippen LogP) is 2.50. The maximum atomic E-state index is 13.0. The third-order valence-electron chi connectivity index (χ3n) is 1.49. The molecule has 0 spiro atoms. The Labute approximate surface area is 81.7 Å². The summed E-state index contributed by atoms with van der Waals surface area (Å²) < 4.78 is 38.6. The largest absolute Gasteiger partial charge is 0.204 e. The third kappa shape index (κ3) is 1.28. The van der Waals surface area contributed by atoms with Crippen LogP contribution in [0.1, 0.15) is 11.1 Å². The summed E-state index contributed by atoms with van der Waals surface area (Å²) in [6, 6.07) is 2.42. The molecule has 1 aromatic carbocycles. The highest BCUT2D eigenvalue weighted by molar-refractivity contribution is 6.31. The van der Waals surface area contributed by atoms with Crippen LogP contribution in [-0.4, -0.2) is 0 Å². The monoisotopic (exact) mass is 216 g/mol. The van der Waals surface area contributed by atoms with Crippen molar-refractivity contribution in [1.29, 1.82) is 10.5 Å². The molecule has 0 heterocycles. The van der Waals surface area contributed by atoms with E-state index in [2.05, 4.69) is 0 Å². The highest BCUT2D eigenvalue weighted by Crippen LogP contribution is 2.27. The van der Waals surface area contributed by atoms with Crippen molar-refractivity contribution in [3.63, 3.8) is 0 Å². The fourth-order valence-electron chi connectivity index (χ4n) is 0.842. The van der Waals surface area contributed by atoms with Crippen molar-refractivity contribution in [3.05, 3.63) is 33.6 Å². The second kappa shape index (κ2) is 3.57. The standard InChI is InChI=1S/C8ClF3N2/c9-5-6(10)3(1-13)4(2-14)7(11)8(5)12. The Morgan fingerprint density at radius 2 is 1.29 bits per heavy atom. The van der Waals surface area contributed by atoms with Crippen molar-refractivity contribution in [3.8, 4) is 12.1 Å². The molecule has 0 aliphatic carbocycles. The molecule has 1 rings (SSSR count). The molecule has 0 fully saturated rings. The number of halogens is 4. The van der Waals surface area contributed by atoms with Gasteiger partial charge in [0.05, 0.1) is 0 Å². The van der Waals surface area contributed by atoms with Crippen molar-refractivity contribution < 1.29 is 13.2 Å². The first-order valence-electron chi connectivity index (χ1n) is 3.20. The molecule has 70 valence electrons. The molecule has 0 aliphatic rings. The molecule has 1 aromatic rings. The van der Waals surface area contributed by atoms with Crippen LogP contribution in [0.5, 0.6) is 0 Å². The Morgan fingerprint density at radius 3 is 1.71 bits per heavy atom. The van der Waals surface area contributed by atoms with E-state index < -0.39 is 33.6 Å². The molecular weight excluding hydrogens is 217 g/mol. The van der Waals surface area contributed by atoms with Gasteiger partial charge in [0.15, 0.2) is 17.5 Å². The normalized spacial score (nSPS) is 9.29. The number of hydrogen-bond acceptors (Lipinski definition) is 2. The van der Waals surface area contributed by atoms with E-state index in [9.17, 15) is 13.2 Å². The lowest BCUT2D eigenvalue weighted by atomic mass is 10.1. The molecule has 0 aromatic heterocycles. The number of nitriles is 2. The molecule has 0 bridgehead atoms. The molecule has 2 nitrogen and oxygen atoms in total. The average Bonchev–Trinajstić information content (AvgIpc) is 2.20. The third-order valence-corrected chi connectivity index (χ3v) is 1.82. The smallest absolute Gasteiger partial charge is 0.181 e. The maximum absolute atomic E-state index is 13.0. The van der Waals surface area contributed by atoms with E-state index in [0.717, 1.165) is 0 Å². The van der Waals surface area contributed by atoms with Crippen LogP contribution in [0.2, 0.25) is 5.02 Å². The summed E-state index contributed by atoms with van der Waals surface area (Å²) in [4.78, 5) is 0. The first-order valence-corrected chi connectivity index (χ1v) is 3.58. The summed E-state index contributed by atoms with van der Waals surface area (Å²) in [5.41, 5.74) is -1.87. The molecule has 0 N–H and O–H groups in total. The van der Waals surface area contributed by atoms with Gasteiger partial charge in [-0.3, -0.25) is 0 Å². The van der Waals surface area contributed by atoms with Gasteiger partial charge >= 0.3 is 0 Å². The number of nitrogens with zero attached hydrogens (tertiary/aromatic N) is 2. The van der Waals surface area contributed by atoms with Crippen LogP contribution in [-0.2, 0) is 0 Å². The molecular formula is C8ClF3N2. The van der Waals surface area contributed by atoms with Gasteiger partial charge < -0.3 is 0 Å². The van der Waals surface area contributed by atoms with Crippen LogP contribution in [0.15, 0.2) is 0 Å². The van der Waals surface area contributed by atoms with Crippen LogP contribution in [0.4, 0.5) is 13.2 Å². The Kier molecular flexibility index (Phi) is 2.64. The lowest BCUT2D eigenvalue weighted by Crippen LogP contribution is -2.00. The van der Waals surface area contributed by atoms with Gasteiger partial charge in [-0.05, 0) is 0 Å². The van der Waals surface area contributed by atoms with E-state index in [0.29, 0.717) is 0 Å². The zero-order valence-corrected chi connectivity index (χ0v) is 7.16. The summed E-state index contributed by atoms with van der Waals surface area (Å²) in [6.07, 6.45) is 0. The Hall–Kier alpha value is -1.72. The van der Waals surface area contributed by atoms with Gasteiger partial charge in [0.2, 0.25) is 0 Å². The van der Waals surface area contributed by atoms with Crippen molar-refractivity contribution in [2.24, 2.45) is 0 Å². The number of hydrogen-bond donors (Lipinski definition) is 0. The second-order valence-corrected chi connectivity index (χ2v) is 2.61. The van der Waals surface area contributed by atoms with Crippen LogP contribution < -0.4 is 0 Å².